The van der Waals surface area contributed by atoms with E-state index in [0.29, 0.717) is 23.6 Å². The quantitative estimate of drug-likeness (QED) is 0.836. The van der Waals surface area contributed by atoms with Crippen LogP contribution in [-0.2, 0) is 0 Å². The van der Waals surface area contributed by atoms with Crippen molar-refractivity contribution in [2.75, 3.05) is 19.3 Å². The molecule has 138 valence electrons. The Kier molecular flexibility index (Phi) is 5.49. The van der Waals surface area contributed by atoms with E-state index in [1.54, 1.807) is 30.3 Å². The molecule has 1 fully saturated rings. The Morgan fingerprint density at radius 1 is 1.31 bits per heavy atom. The van der Waals surface area contributed by atoms with Gasteiger partial charge in [0.2, 0.25) is 0 Å². The summed E-state index contributed by atoms with van der Waals surface area (Å²) in [5.74, 6) is 0.218. The summed E-state index contributed by atoms with van der Waals surface area (Å²) in [7, 11) is 1.77. The van der Waals surface area contributed by atoms with Crippen LogP contribution in [0.25, 0.3) is 11.1 Å². The second-order valence-corrected chi connectivity index (χ2v) is 7.49. The summed E-state index contributed by atoms with van der Waals surface area (Å²) in [6.45, 7) is 0.537. The third-order valence-corrected chi connectivity index (χ3v) is 5.41. The second kappa shape index (κ2) is 7.64. The van der Waals surface area contributed by atoms with Gasteiger partial charge in [-0.25, -0.2) is 4.98 Å². The number of halogens is 1. The molecule has 1 aromatic carbocycles. The molecule has 0 bridgehead atoms. The Balaban J connectivity index is 1.72. The van der Waals surface area contributed by atoms with Crippen LogP contribution in [0.1, 0.15) is 42.5 Å². The molecule has 0 spiro atoms. The van der Waals surface area contributed by atoms with Gasteiger partial charge in [-0.1, -0.05) is 36.6 Å². The van der Waals surface area contributed by atoms with Gasteiger partial charge in [0.1, 0.15) is 5.82 Å². The normalized spacial score (nSPS) is 15.8. The van der Waals surface area contributed by atoms with E-state index in [2.05, 4.69) is 4.98 Å². The maximum Gasteiger partial charge on any atom is 0.253 e. The predicted octanol–water partition coefficient (Wildman–Crippen LogP) is 3.75. The smallest absolute Gasteiger partial charge is 0.253 e. The molecule has 1 aliphatic rings. The average molecular weight is 374 g/mol. The van der Waals surface area contributed by atoms with Crippen LogP contribution in [0.4, 0.5) is 5.82 Å². The molecule has 0 radical (unpaired) electrons. The first kappa shape index (κ1) is 18.7. The number of aliphatic hydroxyl groups is 1. The van der Waals surface area contributed by atoms with Gasteiger partial charge in [0, 0.05) is 30.9 Å². The van der Waals surface area contributed by atoms with Crippen LogP contribution in [-0.4, -0.2) is 40.1 Å². The minimum Gasteiger partial charge on any atom is -0.390 e. The number of amides is 1. The Hall–Kier alpha value is -2.11. The first-order chi connectivity index (χ1) is 12.4. The van der Waals surface area contributed by atoms with Crippen LogP contribution in [0.2, 0.25) is 5.02 Å². The van der Waals surface area contributed by atoms with Crippen molar-refractivity contribution in [3.05, 3.63) is 47.1 Å². The van der Waals surface area contributed by atoms with Crippen LogP contribution < -0.4 is 5.73 Å². The van der Waals surface area contributed by atoms with Gasteiger partial charge in [0.15, 0.2) is 0 Å². The van der Waals surface area contributed by atoms with Crippen molar-refractivity contribution < 1.29 is 9.90 Å². The Bertz CT molecular complexity index is 803. The summed E-state index contributed by atoms with van der Waals surface area (Å²) in [6.07, 6.45) is 6.05. The SMILES string of the molecule is CN(CCC1(O)CCCC1)C(=O)c1cccc(-c2cnc(N)c(Cl)c2)c1. The number of hydrogen-bond donors (Lipinski definition) is 2. The lowest BCUT2D eigenvalue weighted by atomic mass is 9.97. The molecule has 0 atom stereocenters. The number of aromatic nitrogens is 1. The molecule has 3 rings (SSSR count). The standard InChI is InChI=1S/C20H24ClN3O2/c1-24(10-9-20(26)7-2-3-8-20)19(25)15-6-4-5-14(11-15)16-12-17(21)18(22)23-13-16/h4-6,11-13,26H,2-3,7-10H2,1H3,(H2,22,23). The molecule has 5 nitrogen and oxygen atoms in total. The number of hydrogen-bond acceptors (Lipinski definition) is 4. The number of benzene rings is 1. The molecule has 1 aliphatic carbocycles. The molecular weight excluding hydrogens is 350 g/mol. The summed E-state index contributed by atoms with van der Waals surface area (Å²) in [5.41, 5.74) is 7.30. The molecule has 0 saturated heterocycles. The maximum absolute atomic E-state index is 12.7. The molecule has 3 N–H and O–H groups in total. The van der Waals surface area contributed by atoms with Gasteiger partial charge < -0.3 is 15.7 Å². The zero-order chi connectivity index (χ0) is 18.7. The van der Waals surface area contributed by atoms with Gasteiger partial charge in [0.05, 0.1) is 10.6 Å². The molecule has 1 saturated carbocycles. The second-order valence-electron chi connectivity index (χ2n) is 7.08. The number of nitrogen functional groups attached to an aromatic ring is 1. The van der Waals surface area contributed by atoms with Crippen molar-refractivity contribution in [1.82, 2.24) is 9.88 Å². The average Bonchev–Trinajstić information content (AvgIpc) is 3.08. The third kappa shape index (κ3) is 4.17. The molecular formula is C20H24ClN3O2. The van der Waals surface area contributed by atoms with Gasteiger partial charge in [-0.15, -0.1) is 0 Å². The van der Waals surface area contributed by atoms with Crippen LogP contribution in [0.5, 0.6) is 0 Å². The van der Waals surface area contributed by atoms with Gasteiger partial charge in [-0.05, 0) is 43.0 Å². The van der Waals surface area contributed by atoms with Gasteiger partial charge >= 0.3 is 0 Å². The highest BCUT2D eigenvalue weighted by atomic mass is 35.5. The van der Waals surface area contributed by atoms with Crippen molar-refractivity contribution >= 4 is 23.3 Å². The van der Waals surface area contributed by atoms with E-state index < -0.39 is 5.60 Å². The minimum atomic E-state index is -0.608. The van der Waals surface area contributed by atoms with E-state index in [9.17, 15) is 9.90 Å². The van der Waals surface area contributed by atoms with E-state index in [1.165, 1.54) is 0 Å². The number of rotatable bonds is 5. The third-order valence-electron chi connectivity index (χ3n) is 5.11. The molecule has 26 heavy (non-hydrogen) atoms. The lowest BCUT2D eigenvalue weighted by Gasteiger charge is -2.26. The maximum atomic E-state index is 12.7. The Morgan fingerprint density at radius 3 is 2.73 bits per heavy atom. The van der Waals surface area contributed by atoms with Gasteiger partial charge in [-0.2, -0.15) is 0 Å². The molecule has 1 aromatic heterocycles. The minimum absolute atomic E-state index is 0.0667. The highest BCUT2D eigenvalue weighted by molar-refractivity contribution is 6.33. The van der Waals surface area contributed by atoms with Crippen LogP contribution in [0, 0.1) is 0 Å². The molecule has 1 heterocycles. The van der Waals surface area contributed by atoms with E-state index in [-0.39, 0.29) is 11.7 Å². The number of pyridine rings is 1. The summed E-state index contributed by atoms with van der Waals surface area (Å²) in [6, 6.07) is 9.10. The zero-order valence-electron chi connectivity index (χ0n) is 14.9. The number of nitrogens with zero attached hydrogens (tertiary/aromatic N) is 2. The fraction of sp³-hybridized carbons (Fsp3) is 0.400. The predicted molar refractivity (Wildman–Crippen MR) is 104 cm³/mol. The van der Waals surface area contributed by atoms with E-state index in [4.69, 9.17) is 17.3 Å². The monoisotopic (exact) mass is 373 g/mol. The van der Waals surface area contributed by atoms with Crippen molar-refractivity contribution in [2.24, 2.45) is 0 Å². The van der Waals surface area contributed by atoms with Crippen molar-refractivity contribution in [3.63, 3.8) is 0 Å². The number of anilines is 1. The first-order valence-corrected chi connectivity index (χ1v) is 9.25. The number of nitrogens with two attached hydrogens (primary N) is 1. The van der Waals surface area contributed by atoms with Crippen molar-refractivity contribution in [2.45, 2.75) is 37.7 Å². The zero-order valence-corrected chi connectivity index (χ0v) is 15.7. The van der Waals surface area contributed by atoms with Crippen LogP contribution >= 0.6 is 11.6 Å². The van der Waals surface area contributed by atoms with Gasteiger partial charge in [-0.3, -0.25) is 4.79 Å². The lowest BCUT2D eigenvalue weighted by molar-refractivity contribution is 0.0296. The summed E-state index contributed by atoms with van der Waals surface area (Å²) >= 11 is 6.05. The molecule has 1 amide bonds. The topological polar surface area (TPSA) is 79.5 Å². The lowest BCUT2D eigenvalue weighted by Crippen LogP contribution is -2.34. The number of carbonyl (C=O) groups is 1. The van der Waals surface area contributed by atoms with E-state index in [1.807, 2.05) is 18.2 Å². The Morgan fingerprint density at radius 2 is 2.04 bits per heavy atom. The summed E-state index contributed by atoms with van der Waals surface area (Å²) in [4.78, 5) is 18.5. The fourth-order valence-electron chi connectivity index (χ4n) is 3.42. The summed E-state index contributed by atoms with van der Waals surface area (Å²) < 4.78 is 0. The van der Waals surface area contributed by atoms with Crippen molar-refractivity contribution in [1.29, 1.82) is 0 Å². The van der Waals surface area contributed by atoms with Gasteiger partial charge in [0.25, 0.3) is 5.91 Å². The molecule has 0 unspecified atom stereocenters. The molecule has 2 aromatic rings. The van der Waals surface area contributed by atoms with Crippen LogP contribution in [0.3, 0.4) is 0 Å². The largest absolute Gasteiger partial charge is 0.390 e. The highest BCUT2D eigenvalue weighted by Gasteiger charge is 2.31. The number of carbonyl (C=O) groups excluding carboxylic acids is 1. The van der Waals surface area contributed by atoms with E-state index >= 15 is 0 Å². The molecule has 6 heteroatoms. The molecule has 0 aliphatic heterocycles. The first-order valence-electron chi connectivity index (χ1n) is 8.87. The Labute approximate surface area is 158 Å². The van der Waals surface area contributed by atoms with E-state index in [0.717, 1.165) is 36.8 Å². The highest BCUT2D eigenvalue weighted by Crippen LogP contribution is 2.32. The van der Waals surface area contributed by atoms with Crippen LogP contribution in [0.15, 0.2) is 36.5 Å². The fourth-order valence-corrected chi connectivity index (χ4v) is 3.59. The van der Waals surface area contributed by atoms with Crippen molar-refractivity contribution in [3.8, 4) is 11.1 Å². The summed E-state index contributed by atoms with van der Waals surface area (Å²) in [5, 5.41) is 10.9.